The maximum Gasteiger partial charge on any atom is 0.405 e. The molecule has 102 valence electrons. The molecule has 0 spiro atoms. The van der Waals surface area contributed by atoms with E-state index in [2.05, 4.69) is 0 Å². The van der Waals surface area contributed by atoms with Crippen LogP contribution in [0.25, 0.3) is 0 Å². The summed E-state index contributed by atoms with van der Waals surface area (Å²) in [6, 6.07) is -2.50. The normalized spacial score (nSPS) is 31.2. The van der Waals surface area contributed by atoms with Crippen LogP contribution < -0.4 is 5.73 Å². The second-order valence-electron chi connectivity index (χ2n) is 4.89. The minimum Gasteiger partial charge on any atom is -0.393 e. The highest BCUT2D eigenvalue weighted by Crippen LogP contribution is 2.31. The fourth-order valence-corrected chi connectivity index (χ4v) is 2.36. The molecule has 0 bridgehead atoms. The van der Waals surface area contributed by atoms with E-state index in [1.807, 2.05) is 0 Å². The highest BCUT2D eigenvalue weighted by Gasteiger charge is 2.47. The zero-order valence-electron chi connectivity index (χ0n) is 10.2. The van der Waals surface area contributed by atoms with Crippen molar-refractivity contribution in [2.75, 3.05) is 13.1 Å². The second-order valence-corrected chi connectivity index (χ2v) is 4.89. The Morgan fingerprint density at radius 3 is 2.47 bits per heavy atom. The van der Waals surface area contributed by atoms with E-state index in [1.165, 1.54) is 4.90 Å². The number of likely N-dealkylation sites (tertiary alicyclic amines) is 1. The van der Waals surface area contributed by atoms with Crippen molar-refractivity contribution in [3.8, 4) is 0 Å². The van der Waals surface area contributed by atoms with E-state index in [-0.39, 0.29) is 25.4 Å². The molecule has 3 nitrogen and oxygen atoms in total. The first-order valence-corrected chi connectivity index (χ1v) is 6.01. The summed E-state index contributed by atoms with van der Waals surface area (Å²) in [5.74, 6) is -0.141. The lowest BCUT2D eigenvalue weighted by Crippen LogP contribution is -2.59. The van der Waals surface area contributed by atoms with Gasteiger partial charge in [0.15, 0.2) is 0 Å². The maximum atomic E-state index is 13.0. The average Bonchev–Trinajstić information content (AvgIpc) is 2.21. The summed E-state index contributed by atoms with van der Waals surface area (Å²) >= 11 is 0. The van der Waals surface area contributed by atoms with Gasteiger partial charge in [-0.3, -0.25) is 4.90 Å². The second kappa shape index (κ2) is 5.54. The smallest absolute Gasteiger partial charge is 0.393 e. The summed E-state index contributed by atoms with van der Waals surface area (Å²) in [5.41, 5.74) is 5.59. The summed E-state index contributed by atoms with van der Waals surface area (Å²) in [7, 11) is 0. The molecule has 0 radical (unpaired) electrons. The van der Waals surface area contributed by atoms with Gasteiger partial charge in [0.2, 0.25) is 0 Å². The van der Waals surface area contributed by atoms with Crippen molar-refractivity contribution in [3.05, 3.63) is 0 Å². The quantitative estimate of drug-likeness (QED) is 0.799. The van der Waals surface area contributed by atoms with E-state index < -0.39 is 24.4 Å². The number of aliphatic hydroxyl groups excluding tert-OH is 1. The van der Waals surface area contributed by atoms with Crippen molar-refractivity contribution in [1.29, 1.82) is 0 Å². The molecule has 0 aromatic carbocycles. The fourth-order valence-electron chi connectivity index (χ4n) is 2.36. The number of halogens is 3. The van der Waals surface area contributed by atoms with Crippen LogP contribution in [0.3, 0.4) is 0 Å². The van der Waals surface area contributed by atoms with Gasteiger partial charge in [0, 0.05) is 19.1 Å². The summed E-state index contributed by atoms with van der Waals surface area (Å²) in [6.07, 6.45) is -4.14. The molecule has 4 atom stereocenters. The zero-order valence-corrected chi connectivity index (χ0v) is 10.2. The van der Waals surface area contributed by atoms with Crippen molar-refractivity contribution < 1.29 is 18.3 Å². The van der Waals surface area contributed by atoms with E-state index in [9.17, 15) is 18.3 Å². The number of alkyl halides is 3. The van der Waals surface area contributed by atoms with Crippen molar-refractivity contribution >= 4 is 0 Å². The van der Waals surface area contributed by atoms with Gasteiger partial charge in [0.1, 0.15) is 6.04 Å². The SMILES string of the molecule is CCC(N)C(N1CCC(O)C(C)C1)C(F)(F)F. The van der Waals surface area contributed by atoms with E-state index in [4.69, 9.17) is 5.73 Å². The molecule has 0 aliphatic carbocycles. The Balaban J connectivity index is 2.78. The van der Waals surface area contributed by atoms with Crippen LogP contribution in [-0.4, -0.2) is 47.5 Å². The van der Waals surface area contributed by atoms with Gasteiger partial charge in [-0.2, -0.15) is 13.2 Å². The van der Waals surface area contributed by atoms with Gasteiger partial charge >= 0.3 is 6.18 Å². The lowest BCUT2D eigenvalue weighted by atomic mass is 9.93. The molecule has 17 heavy (non-hydrogen) atoms. The number of hydrogen-bond acceptors (Lipinski definition) is 3. The Hall–Kier alpha value is -0.330. The minimum absolute atomic E-state index is 0.141. The molecule has 4 unspecified atom stereocenters. The predicted octanol–water partition coefficient (Wildman–Crippen LogP) is 1.36. The molecule has 0 aromatic heterocycles. The molecule has 1 rings (SSSR count). The van der Waals surface area contributed by atoms with Gasteiger partial charge in [-0.25, -0.2) is 0 Å². The number of piperidine rings is 1. The maximum absolute atomic E-state index is 13.0. The third-order valence-electron chi connectivity index (χ3n) is 3.50. The molecule has 0 amide bonds. The lowest BCUT2D eigenvalue weighted by molar-refractivity contribution is -0.196. The monoisotopic (exact) mass is 254 g/mol. The number of rotatable bonds is 3. The van der Waals surface area contributed by atoms with E-state index in [1.54, 1.807) is 13.8 Å². The third-order valence-corrected chi connectivity index (χ3v) is 3.50. The average molecular weight is 254 g/mol. The van der Waals surface area contributed by atoms with Crippen LogP contribution in [0.5, 0.6) is 0 Å². The van der Waals surface area contributed by atoms with Crippen LogP contribution in [-0.2, 0) is 0 Å². The highest BCUT2D eigenvalue weighted by molar-refractivity contribution is 4.91. The van der Waals surface area contributed by atoms with Gasteiger partial charge in [0.25, 0.3) is 0 Å². The number of aliphatic hydroxyl groups is 1. The molecule has 1 aliphatic rings. The van der Waals surface area contributed by atoms with Crippen molar-refractivity contribution in [3.63, 3.8) is 0 Å². The molecule has 0 saturated carbocycles. The van der Waals surface area contributed by atoms with Gasteiger partial charge < -0.3 is 10.8 Å². The predicted molar refractivity (Wildman–Crippen MR) is 59.5 cm³/mol. The van der Waals surface area contributed by atoms with Crippen LogP contribution in [0.15, 0.2) is 0 Å². The molecule has 1 aliphatic heterocycles. The Kier molecular flexibility index (Phi) is 4.80. The first kappa shape index (κ1) is 14.7. The van der Waals surface area contributed by atoms with Gasteiger partial charge in [0.05, 0.1) is 6.10 Å². The lowest BCUT2D eigenvalue weighted by Gasteiger charge is -2.42. The molecule has 1 fully saturated rings. The topological polar surface area (TPSA) is 49.5 Å². The van der Waals surface area contributed by atoms with Crippen molar-refractivity contribution in [2.45, 2.75) is 51.1 Å². The van der Waals surface area contributed by atoms with Gasteiger partial charge in [-0.15, -0.1) is 0 Å². The standard InChI is InChI=1S/C11H21F3N2O/c1-3-8(15)10(11(12,13)14)16-5-4-9(17)7(2)6-16/h7-10,17H,3-6,15H2,1-2H3. The summed E-state index contributed by atoms with van der Waals surface area (Å²) in [4.78, 5) is 1.37. The third kappa shape index (κ3) is 3.56. The van der Waals surface area contributed by atoms with Crippen LogP contribution in [0.4, 0.5) is 13.2 Å². The van der Waals surface area contributed by atoms with Crippen LogP contribution in [0.1, 0.15) is 26.7 Å². The molecule has 1 saturated heterocycles. The van der Waals surface area contributed by atoms with Crippen LogP contribution in [0.2, 0.25) is 0 Å². The molecule has 1 heterocycles. The largest absolute Gasteiger partial charge is 0.405 e. The van der Waals surface area contributed by atoms with Gasteiger partial charge in [-0.1, -0.05) is 13.8 Å². The number of hydrogen-bond donors (Lipinski definition) is 2. The molecule has 3 N–H and O–H groups in total. The van der Waals surface area contributed by atoms with Crippen LogP contribution >= 0.6 is 0 Å². The number of nitrogens with zero attached hydrogens (tertiary/aromatic N) is 1. The first-order valence-electron chi connectivity index (χ1n) is 6.01. The fraction of sp³-hybridized carbons (Fsp3) is 1.00. The minimum atomic E-state index is -4.31. The first-order chi connectivity index (χ1) is 7.77. The van der Waals surface area contributed by atoms with E-state index in [0.717, 1.165) is 0 Å². The Morgan fingerprint density at radius 2 is 2.06 bits per heavy atom. The van der Waals surface area contributed by atoms with Crippen LogP contribution in [0, 0.1) is 5.92 Å². The Bertz CT molecular complexity index is 247. The Morgan fingerprint density at radius 1 is 1.47 bits per heavy atom. The van der Waals surface area contributed by atoms with E-state index in [0.29, 0.717) is 6.42 Å². The van der Waals surface area contributed by atoms with E-state index >= 15 is 0 Å². The highest BCUT2D eigenvalue weighted by atomic mass is 19.4. The molecular weight excluding hydrogens is 233 g/mol. The molecule has 0 aromatic rings. The van der Waals surface area contributed by atoms with Crippen molar-refractivity contribution in [2.24, 2.45) is 11.7 Å². The number of nitrogens with two attached hydrogens (primary N) is 1. The summed E-state index contributed by atoms with van der Waals surface area (Å²) in [6.45, 7) is 3.93. The molecular formula is C11H21F3N2O. The van der Waals surface area contributed by atoms with Crippen molar-refractivity contribution in [1.82, 2.24) is 4.90 Å². The summed E-state index contributed by atoms with van der Waals surface area (Å²) < 4.78 is 38.9. The zero-order chi connectivity index (χ0) is 13.2. The Labute approximate surface area is 99.8 Å². The molecule has 6 heteroatoms. The summed E-state index contributed by atoms with van der Waals surface area (Å²) in [5, 5.41) is 9.54. The van der Waals surface area contributed by atoms with Gasteiger partial charge in [-0.05, 0) is 18.8 Å².